The van der Waals surface area contributed by atoms with Crippen LogP contribution in [-0.4, -0.2) is 68.4 Å². The molecule has 39 heavy (non-hydrogen) atoms. The number of benzene rings is 2. The average molecular weight is 575 g/mol. The first kappa shape index (κ1) is 27.8. The molecule has 3 aromatic rings. The molecule has 3 heterocycles. The van der Waals surface area contributed by atoms with Gasteiger partial charge in [0, 0.05) is 31.6 Å². The summed E-state index contributed by atoms with van der Waals surface area (Å²) in [6, 6.07) is 13.0. The van der Waals surface area contributed by atoms with Gasteiger partial charge in [0.15, 0.2) is 0 Å². The molecule has 210 valence electrons. The highest BCUT2D eigenvalue weighted by Crippen LogP contribution is 2.34. The number of sulfonamides is 2. The van der Waals surface area contributed by atoms with Crippen molar-refractivity contribution in [1.29, 1.82) is 0 Å². The third kappa shape index (κ3) is 5.47. The smallest absolute Gasteiger partial charge is 0.251 e. The maximum absolute atomic E-state index is 13.4. The van der Waals surface area contributed by atoms with Crippen molar-refractivity contribution in [2.45, 2.75) is 67.2 Å². The molecular weight excluding hydrogens is 540 g/mol. The Morgan fingerprint density at radius 3 is 2.21 bits per heavy atom. The van der Waals surface area contributed by atoms with Gasteiger partial charge in [0.1, 0.15) is 5.75 Å². The van der Waals surface area contributed by atoms with Crippen molar-refractivity contribution >= 4 is 20.0 Å². The summed E-state index contributed by atoms with van der Waals surface area (Å²) in [6.45, 7) is 3.09. The Kier molecular flexibility index (Phi) is 8.08. The van der Waals surface area contributed by atoms with Crippen LogP contribution in [-0.2, 0) is 20.0 Å². The van der Waals surface area contributed by atoms with E-state index in [9.17, 15) is 16.8 Å². The Morgan fingerprint density at radius 1 is 0.872 bits per heavy atom. The van der Waals surface area contributed by atoms with E-state index in [1.54, 1.807) is 11.4 Å². The predicted octanol–water partition coefficient (Wildman–Crippen LogP) is 4.27. The molecule has 0 bridgehead atoms. The fourth-order valence-electron chi connectivity index (χ4n) is 5.44. The summed E-state index contributed by atoms with van der Waals surface area (Å²) in [4.78, 5) is 0.213. The highest BCUT2D eigenvalue weighted by molar-refractivity contribution is 7.89. The van der Waals surface area contributed by atoms with E-state index in [0.29, 0.717) is 55.6 Å². The molecule has 2 saturated heterocycles. The fraction of sp³-hybridized carbons (Fsp3) is 0.481. The number of hydrogen-bond acceptors (Lipinski definition) is 8. The van der Waals surface area contributed by atoms with Gasteiger partial charge in [-0.05, 0) is 68.5 Å². The van der Waals surface area contributed by atoms with Gasteiger partial charge in [0.2, 0.25) is 25.9 Å². The molecule has 0 unspecified atom stereocenters. The highest BCUT2D eigenvalue weighted by atomic mass is 32.2. The summed E-state index contributed by atoms with van der Waals surface area (Å²) in [7, 11) is -5.87. The fourth-order valence-corrected chi connectivity index (χ4v) is 8.68. The number of piperidine rings is 2. The maximum atomic E-state index is 13.4. The number of hydrogen-bond donors (Lipinski definition) is 0. The highest BCUT2D eigenvalue weighted by Gasteiger charge is 2.35. The zero-order valence-corrected chi connectivity index (χ0v) is 23.8. The molecule has 0 spiro atoms. The molecule has 0 aliphatic carbocycles. The van der Waals surface area contributed by atoms with Gasteiger partial charge >= 0.3 is 0 Å². The molecule has 2 aromatic carbocycles. The Labute approximate surface area is 230 Å². The molecule has 0 N–H and O–H groups in total. The van der Waals surface area contributed by atoms with E-state index in [1.165, 1.54) is 28.6 Å². The quantitative estimate of drug-likeness (QED) is 0.391. The minimum Gasteiger partial charge on any atom is -0.496 e. The van der Waals surface area contributed by atoms with Gasteiger partial charge < -0.3 is 9.15 Å². The van der Waals surface area contributed by atoms with Crippen LogP contribution in [0.5, 0.6) is 5.75 Å². The zero-order valence-electron chi connectivity index (χ0n) is 22.2. The van der Waals surface area contributed by atoms with Crippen molar-refractivity contribution in [3.05, 3.63) is 54.4 Å². The summed E-state index contributed by atoms with van der Waals surface area (Å²) in [5.74, 6) is 1.41. The summed E-state index contributed by atoms with van der Waals surface area (Å²) < 4.78 is 67.5. The summed E-state index contributed by atoms with van der Waals surface area (Å²) in [6.07, 6.45) is 4.53. The van der Waals surface area contributed by atoms with Crippen molar-refractivity contribution in [1.82, 2.24) is 18.8 Å². The third-order valence-corrected chi connectivity index (χ3v) is 11.6. The van der Waals surface area contributed by atoms with Crippen molar-refractivity contribution in [3.63, 3.8) is 0 Å². The van der Waals surface area contributed by atoms with Crippen molar-refractivity contribution in [2.24, 2.45) is 0 Å². The van der Waals surface area contributed by atoms with Gasteiger partial charge in [-0.1, -0.05) is 25.5 Å². The van der Waals surface area contributed by atoms with Crippen molar-refractivity contribution < 1.29 is 26.0 Å². The SMILES string of the molecule is CC[C@@H]1CCCCN1S(=O)(=O)c1ccc(S(=O)(=O)N2CCC(c3nnc(-c4ccccc4OC)o3)CC2)cc1. The maximum Gasteiger partial charge on any atom is 0.251 e. The topological polar surface area (TPSA) is 123 Å². The van der Waals surface area contributed by atoms with Gasteiger partial charge in [0.25, 0.3) is 5.89 Å². The van der Waals surface area contributed by atoms with E-state index < -0.39 is 20.0 Å². The molecule has 0 radical (unpaired) electrons. The number of rotatable bonds is 8. The average Bonchev–Trinajstić information content (AvgIpc) is 3.47. The van der Waals surface area contributed by atoms with E-state index in [1.807, 2.05) is 31.2 Å². The lowest BCUT2D eigenvalue weighted by Crippen LogP contribution is -2.43. The van der Waals surface area contributed by atoms with Gasteiger partial charge in [-0.2, -0.15) is 8.61 Å². The first-order valence-electron chi connectivity index (χ1n) is 13.3. The monoisotopic (exact) mass is 574 g/mol. The molecule has 0 amide bonds. The van der Waals surface area contributed by atoms with E-state index in [4.69, 9.17) is 9.15 Å². The number of ether oxygens (including phenoxy) is 1. The first-order chi connectivity index (χ1) is 18.8. The van der Waals surface area contributed by atoms with Gasteiger partial charge in [-0.3, -0.25) is 0 Å². The first-order valence-corrected chi connectivity index (χ1v) is 16.2. The Balaban J connectivity index is 1.26. The second-order valence-electron chi connectivity index (χ2n) is 9.97. The van der Waals surface area contributed by atoms with Crippen LogP contribution in [0, 0.1) is 0 Å². The molecule has 2 aliphatic rings. The lowest BCUT2D eigenvalue weighted by molar-refractivity contribution is 0.246. The Morgan fingerprint density at radius 2 is 1.54 bits per heavy atom. The van der Waals surface area contributed by atoms with Gasteiger partial charge in [-0.15, -0.1) is 10.2 Å². The number of para-hydroxylation sites is 1. The molecule has 1 atom stereocenters. The zero-order chi connectivity index (χ0) is 27.6. The Bertz CT molecular complexity index is 1500. The van der Waals surface area contributed by atoms with Crippen LogP contribution in [0.15, 0.2) is 62.7 Å². The molecule has 2 fully saturated rings. The number of methoxy groups -OCH3 is 1. The van der Waals surface area contributed by atoms with Crippen LogP contribution in [0.4, 0.5) is 0 Å². The van der Waals surface area contributed by atoms with Crippen LogP contribution in [0.25, 0.3) is 11.5 Å². The normalized spacial score (nSPS) is 20.2. The predicted molar refractivity (Wildman–Crippen MR) is 145 cm³/mol. The van der Waals surface area contributed by atoms with Crippen LogP contribution in [0.2, 0.25) is 0 Å². The molecule has 10 nitrogen and oxygen atoms in total. The lowest BCUT2D eigenvalue weighted by atomic mass is 9.98. The van der Waals surface area contributed by atoms with Crippen LogP contribution in [0.1, 0.15) is 57.3 Å². The molecular formula is C27H34N4O6S2. The second kappa shape index (κ2) is 11.4. The second-order valence-corrected chi connectivity index (χ2v) is 13.8. The van der Waals surface area contributed by atoms with Crippen molar-refractivity contribution in [3.8, 4) is 17.2 Å². The van der Waals surface area contributed by atoms with Crippen LogP contribution in [0.3, 0.4) is 0 Å². The molecule has 1 aromatic heterocycles. The lowest BCUT2D eigenvalue weighted by Gasteiger charge is -2.34. The molecule has 5 rings (SSSR count). The largest absolute Gasteiger partial charge is 0.496 e. The van der Waals surface area contributed by atoms with E-state index in [0.717, 1.165) is 25.7 Å². The standard InChI is InChI=1S/C27H34N4O6S2/c1-3-21-8-6-7-17-31(21)39(34,35)23-13-11-22(12-14-23)38(32,33)30-18-15-20(16-19-30)26-28-29-27(37-26)24-9-4-5-10-25(24)36-2/h4-5,9-14,20-21H,3,6-8,15-19H2,1-2H3/t21-/m1/s1. The van der Waals surface area contributed by atoms with Crippen molar-refractivity contribution in [2.75, 3.05) is 26.7 Å². The molecule has 12 heteroatoms. The third-order valence-electron chi connectivity index (χ3n) is 7.69. The minimum absolute atomic E-state index is 0.0156. The number of nitrogens with zero attached hydrogens (tertiary/aromatic N) is 4. The number of aromatic nitrogens is 2. The van der Waals surface area contributed by atoms with Crippen LogP contribution >= 0.6 is 0 Å². The summed E-state index contributed by atoms with van der Waals surface area (Å²) >= 11 is 0. The van der Waals surface area contributed by atoms with E-state index in [2.05, 4.69) is 10.2 Å². The summed E-state index contributed by atoms with van der Waals surface area (Å²) in [5, 5.41) is 8.39. The van der Waals surface area contributed by atoms with Crippen LogP contribution < -0.4 is 4.74 Å². The minimum atomic E-state index is -3.78. The van der Waals surface area contributed by atoms with Gasteiger partial charge in [0.05, 0.1) is 22.5 Å². The summed E-state index contributed by atoms with van der Waals surface area (Å²) in [5.41, 5.74) is 0.703. The molecule has 0 saturated carbocycles. The van der Waals surface area contributed by atoms with E-state index in [-0.39, 0.29) is 21.8 Å². The van der Waals surface area contributed by atoms with E-state index >= 15 is 0 Å². The molecule has 2 aliphatic heterocycles. The Hall–Kier alpha value is -2.80. The van der Waals surface area contributed by atoms with Gasteiger partial charge in [-0.25, -0.2) is 16.8 Å².